The second-order valence-corrected chi connectivity index (χ2v) is 6.16. The highest BCUT2D eigenvalue weighted by Gasteiger charge is 2.30. The number of carboxylic acid groups (broad SMARTS) is 1. The smallest absolute Gasteiger partial charge is 0.320 e. The van der Waals surface area contributed by atoms with Crippen LogP contribution in [0.3, 0.4) is 0 Å². The quantitative estimate of drug-likeness (QED) is 0.932. The fraction of sp³-hybridized carbons (Fsp3) is 0.571. The lowest BCUT2D eigenvalue weighted by atomic mass is 9.97. The Kier molecular flexibility index (Phi) is 4.65. The number of nitrogens with zero attached hydrogens (tertiary/aromatic N) is 2. The van der Waals surface area contributed by atoms with E-state index in [4.69, 9.17) is 5.11 Å². The van der Waals surface area contributed by atoms with Gasteiger partial charge in [-0.2, -0.15) is 0 Å². The summed E-state index contributed by atoms with van der Waals surface area (Å²) in [4.78, 5) is 28.0. The molecule has 0 bridgehead atoms. The van der Waals surface area contributed by atoms with Crippen LogP contribution >= 0.6 is 11.3 Å². The number of thiophene rings is 1. The third kappa shape index (κ3) is 3.12. The number of hydrogen-bond donors (Lipinski definition) is 1. The largest absolute Gasteiger partial charge is 0.481 e. The molecule has 20 heavy (non-hydrogen) atoms. The van der Waals surface area contributed by atoms with Crippen molar-refractivity contribution in [3.63, 3.8) is 0 Å². The lowest BCUT2D eigenvalue weighted by Crippen LogP contribution is -2.46. The van der Waals surface area contributed by atoms with Crippen molar-refractivity contribution in [1.29, 1.82) is 0 Å². The van der Waals surface area contributed by atoms with Gasteiger partial charge in [-0.3, -0.25) is 4.79 Å². The molecule has 0 aliphatic carbocycles. The molecule has 0 radical (unpaired) electrons. The van der Waals surface area contributed by atoms with Gasteiger partial charge in [0.15, 0.2) is 0 Å². The Hall–Kier alpha value is -1.56. The number of carbonyl (C=O) groups excluding carboxylic acids is 1. The van der Waals surface area contributed by atoms with Gasteiger partial charge >= 0.3 is 12.0 Å². The van der Waals surface area contributed by atoms with Crippen LogP contribution < -0.4 is 0 Å². The SMILES string of the molecule is CC(c1cccs1)N(C)C(=O)N1CCC(C(=O)O)CC1. The van der Waals surface area contributed by atoms with Crippen LogP contribution in [0.25, 0.3) is 0 Å². The molecule has 1 atom stereocenters. The molecular weight excluding hydrogens is 276 g/mol. The van der Waals surface area contributed by atoms with E-state index in [1.165, 1.54) is 0 Å². The third-order valence-corrected chi connectivity index (χ3v) is 4.99. The van der Waals surface area contributed by atoms with E-state index >= 15 is 0 Å². The molecule has 0 spiro atoms. The van der Waals surface area contributed by atoms with E-state index in [0.717, 1.165) is 4.88 Å². The lowest BCUT2D eigenvalue weighted by molar-refractivity contribution is -0.143. The first-order valence-electron chi connectivity index (χ1n) is 6.78. The summed E-state index contributed by atoms with van der Waals surface area (Å²) in [5.41, 5.74) is 0. The van der Waals surface area contributed by atoms with Crippen molar-refractivity contribution in [1.82, 2.24) is 9.80 Å². The summed E-state index contributed by atoms with van der Waals surface area (Å²) in [6, 6.07) is 4.03. The molecule has 1 aromatic rings. The van der Waals surface area contributed by atoms with Crippen molar-refractivity contribution < 1.29 is 14.7 Å². The van der Waals surface area contributed by atoms with Gasteiger partial charge in [0.25, 0.3) is 0 Å². The van der Waals surface area contributed by atoms with Crippen LogP contribution in [0.1, 0.15) is 30.7 Å². The van der Waals surface area contributed by atoms with Crippen molar-refractivity contribution in [2.45, 2.75) is 25.8 Å². The zero-order valence-electron chi connectivity index (χ0n) is 11.8. The fourth-order valence-electron chi connectivity index (χ4n) is 2.43. The van der Waals surface area contributed by atoms with E-state index < -0.39 is 5.97 Å². The first-order chi connectivity index (χ1) is 9.50. The molecule has 0 aromatic carbocycles. The first kappa shape index (κ1) is 14.8. The standard InChI is InChI=1S/C14H20N2O3S/c1-10(12-4-3-9-20-12)15(2)14(19)16-7-5-11(6-8-16)13(17)18/h3-4,9-11H,5-8H2,1-2H3,(H,17,18). The van der Waals surface area contributed by atoms with E-state index in [2.05, 4.69) is 0 Å². The minimum absolute atomic E-state index is 0.0188. The molecule has 1 aliphatic rings. The molecule has 1 N–H and O–H groups in total. The Morgan fingerprint density at radius 3 is 2.60 bits per heavy atom. The number of rotatable bonds is 3. The average molecular weight is 296 g/mol. The summed E-state index contributed by atoms with van der Waals surface area (Å²) in [5, 5.41) is 11.0. The van der Waals surface area contributed by atoms with Gasteiger partial charge in [-0.1, -0.05) is 6.07 Å². The Morgan fingerprint density at radius 2 is 2.10 bits per heavy atom. The fourth-order valence-corrected chi connectivity index (χ4v) is 3.25. The maximum Gasteiger partial charge on any atom is 0.320 e. The summed E-state index contributed by atoms with van der Waals surface area (Å²) in [6.07, 6.45) is 1.09. The topological polar surface area (TPSA) is 60.9 Å². The van der Waals surface area contributed by atoms with Gasteiger partial charge in [0, 0.05) is 25.0 Å². The van der Waals surface area contributed by atoms with Crippen molar-refractivity contribution in [2.24, 2.45) is 5.92 Å². The number of aliphatic carboxylic acids is 1. The van der Waals surface area contributed by atoms with E-state index in [0.29, 0.717) is 25.9 Å². The van der Waals surface area contributed by atoms with E-state index in [1.807, 2.05) is 24.4 Å². The third-order valence-electron chi connectivity index (χ3n) is 3.95. The monoisotopic (exact) mass is 296 g/mol. The van der Waals surface area contributed by atoms with E-state index in [-0.39, 0.29) is 18.0 Å². The normalized spacial score (nSPS) is 17.8. The molecule has 2 rings (SSSR count). The molecule has 1 unspecified atom stereocenters. The van der Waals surface area contributed by atoms with Gasteiger partial charge < -0.3 is 14.9 Å². The summed E-state index contributed by atoms with van der Waals surface area (Å²) >= 11 is 1.64. The van der Waals surface area contributed by atoms with Crippen molar-refractivity contribution in [2.75, 3.05) is 20.1 Å². The molecule has 1 saturated heterocycles. The van der Waals surface area contributed by atoms with Gasteiger partial charge in [-0.05, 0) is 31.2 Å². The molecular formula is C14H20N2O3S. The average Bonchev–Trinajstić information content (AvgIpc) is 2.99. The van der Waals surface area contributed by atoms with Crippen LogP contribution in [-0.2, 0) is 4.79 Å². The molecule has 1 aliphatic heterocycles. The van der Waals surface area contributed by atoms with Crippen LogP contribution in [0.5, 0.6) is 0 Å². The number of carbonyl (C=O) groups is 2. The van der Waals surface area contributed by atoms with Crippen molar-refractivity contribution in [3.05, 3.63) is 22.4 Å². The van der Waals surface area contributed by atoms with Gasteiger partial charge in [-0.15, -0.1) is 11.3 Å². The number of urea groups is 1. The highest BCUT2D eigenvalue weighted by molar-refractivity contribution is 7.10. The van der Waals surface area contributed by atoms with E-state index in [1.54, 1.807) is 28.2 Å². The summed E-state index contributed by atoms with van der Waals surface area (Å²) < 4.78 is 0. The second-order valence-electron chi connectivity index (χ2n) is 5.18. The van der Waals surface area contributed by atoms with Crippen LogP contribution in [0.4, 0.5) is 4.79 Å². The van der Waals surface area contributed by atoms with Crippen molar-refractivity contribution >= 4 is 23.3 Å². The first-order valence-corrected chi connectivity index (χ1v) is 7.66. The van der Waals surface area contributed by atoms with Crippen LogP contribution in [0.2, 0.25) is 0 Å². The molecule has 2 heterocycles. The predicted octanol–water partition coefficient (Wildman–Crippen LogP) is 2.66. The minimum atomic E-state index is -0.752. The van der Waals surface area contributed by atoms with Gasteiger partial charge in [-0.25, -0.2) is 4.79 Å². The van der Waals surface area contributed by atoms with Crippen LogP contribution in [0.15, 0.2) is 17.5 Å². The zero-order valence-corrected chi connectivity index (χ0v) is 12.6. The minimum Gasteiger partial charge on any atom is -0.481 e. The number of likely N-dealkylation sites (tertiary alicyclic amines) is 1. The molecule has 110 valence electrons. The van der Waals surface area contributed by atoms with Crippen molar-refractivity contribution in [3.8, 4) is 0 Å². The second kappa shape index (κ2) is 6.26. The van der Waals surface area contributed by atoms with Crippen LogP contribution in [0, 0.1) is 5.92 Å². The Morgan fingerprint density at radius 1 is 1.45 bits per heavy atom. The molecule has 2 amide bonds. The lowest BCUT2D eigenvalue weighted by Gasteiger charge is -2.35. The summed E-state index contributed by atoms with van der Waals surface area (Å²) in [5.74, 6) is -1.06. The van der Waals surface area contributed by atoms with Gasteiger partial charge in [0.1, 0.15) is 0 Å². The Balaban J connectivity index is 1.93. The number of hydrogen-bond acceptors (Lipinski definition) is 3. The maximum atomic E-state index is 12.4. The van der Waals surface area contributed by atoms with Gasteiger partial charge in [0.2, 0.25) is 0 Å². The number of amides is 2. The number of carboxylic acids is 1. The molecule has 1 fully saturated rings. The van der Waals surface area contributed by atoms with Gasteiger partial charge in [0.05, 0.1) is 12.0 Å². The maximum absolute atomic E-state index is 12.4. The van der Waals surface area contributed by atoms with E-state index in [9.17, 15) is 9.59 Å². The Labute approximate surface area is 122 Å². The van der Waals surface area contributed by atoms with Crippen LogP contribution in [-0.4, -0.2) is 47.0 Å². The number of piperidine rings is 1. The molecule has 5 nitrogen and oxygen atoms in total. The summed E-state index contributed by atoms with van der Waals surface area (Å²) in [7, 11) is 1.80. The molecule has 0 saturated carbocycles. The Bertz CT molecular complexity index is 467. The molecule has 1 aromatic heterocycles. The zero-order chi connectivity index (χ0) is 14.7. The molecule has 6 heteroatoms. The summed E-state index contributed by atoms with van der Waals surface area (Å²) in [6.45, 7) is 3.06. The highest BCUT2D eigenvalue weighted by atomic mass is 32.1. The highest BCUT2D eigenvalue weighted by Crippen LogP contribution is 2.25. The predicted molar refractivity (Wildman–Crippen MR) is 77.8 cm³/mol.